The van der Waals surface area contributed by atoms with Crippen molar-refractivity contribution < 1.29 is 14.3 Å². The summed E-state index contributed by atoms with van der Waals surface area (Å²) in [5, 5.41) is 1.10. The van der Waals surface area contributed by atoms with Gasteiger partial charge in [0.15, 0.2) is 0 Å². The smallest absolute Gasteiger partial charge is 0.424 e. The van der Waals surface area contributed by atoms with Gasteiger partial charge in [-0.25, -0.2) is 15.6 Å². The summed E-state index contributed by atoms with van der Waals surface area (Å²) in [5.74, 6) is 5.61. The molecule has 2 N–H and O–H groups in total. The van der Waals surface area contributed by atoms with Crippen molar-refractivity contribution in [3.63, 3.8) is 0 Å². The first-order valence-corrected chi connectivity index (χ1v) is 7.40. The fourth-order valence-corrected chi connectivity index (χ4v) is 1.94. The van der Waals surface area contributed by atoms with Gasteiger partial charge in [0.2, 0.25) is 0 Å². The second kappa shape index (κ2) is 10.9. The van der Waals surface area contributed by atoms with Crippen LogP contribution in [0.15, 0.2) is 30.3 Å². The number of ether oxygens (including phenoxy) is 1. The van der Waals surface area contributed by atoms with E-state index in [1.807, 2.05) is 18.2 Å². The molecule has 0 spiro atoms. The van der Waals surface area contributed by atoms with E-state index in [1.165, 1.54) is 5.56 Å². The molecule has 1 aromatic rings. The lowest BCUT2D eigenvalue weighted by Crippen LogP contribution is -2.38. The molecule has 0 aromatic heterocycles. The van der Waals surface area contributed by atoms with Gasteiger partial charge in [0.1, 0.15) is 6.29 Å². The number of carbonyl (C=O) groups excluding carboxylic acids is 2. The van der Waals surface area contributed by atoms with E-state index in [0.717, 1.165) is 43.4 Å². The molecule has 0 fully saturated rings. The van der Waals surface area contributed by atoms with Crippen molar-refractivity contribution in [2.24, 2.45) is 5.84 Å². The van der Waals surface area contributed by atoms with E-state index in [1.54, 1.807) is 0 Å². The summed E-state index contributed by atoms with van der Waals surface area (Å²) < 4.78 is 5.11. The molecular weight excluding hydrogens is 268 g/mol. The fraction of sp³-hybridized carbons (Fsp3) is 0.500. The van der Waals surface area contributed by atoms with E-state index in [4.69, 9.17) is 10.6 Å². The number of carbonyl (C=O) groups is 2. The van der Waals surface area contributed by atoms with Gasteiger partial charge in [0.25, 0.3) is 0 Å². The number of aryl methyl sites for hydroxylation is 1. The van der Waals surface area contributed by atoms with Crippen LogP contribution < -0.4 is 5.84 Å². The fourth-order valence-electron chi connectivity index (χ4n) is 1.94. The number of benzene rings is 1. The van der Waals surface area contributed by atoms with Crippen molar-refractivity contribution in [3.8, 4) is 0 Å². The Morgan fingerprint density at radius 1 is 1.14 bits per heavy atom. The molecule has 0 unspecified atom stereocenters. The number of aldehydes is 1. The van der Waals surface area contributed by atoms with Gasteiger partial charge < -0.3 is 9.53 Å². The predicted molar refractivity (Wildman–Crippen MR) is 81.5 cm³/mol. The zero-order chi connectivity index (χ0) is 15.3. The van der Waals surface area contributed by atoms with Crippen LogP contribution in [-0.4, -0.2) is 30.5 Å². The van der Waals surface area contributed by atoms with Crippen LogP contribution in [-0.2, 0) is 16.0 Å². The quantitative estimate of drug-likeness (QED) is 0.236. The summed E-state index contributed by atoms with van der Waals surface area (Å²) in [7, 11) is 0. The number of unbranched alkanes of at least 4 members (excludes halogenated alkanes) is 3. The Hall–Kier alpha value is -1.88. The molecule has 1 aromatic carbocycles. The summed E-state index contributed by atoms with van der Waals surface area (Å²) in [4.78, 5) is 21.7. The van der Waals surface area contributed by atoms with E-state index < -0.39 is 6.09 Å². The average Bonchev–Trinajstić information content (AvgIpc) is 2.52. The summed E-state index contributed by atoms with van der Waals surface area (Å²) in [6.07, 6.45) is 5.14. The molecule has 1 amide bonds. The van der Waals surface area contributed by atoms with Crippen LogP contribution >= 0.6 is 0 Å². The maximum Gasteiger partial charge on any atom is 0.424 e. The Morgan fingerprint density at radius 3 is 2.62 bits per heavy atom. The minimum Gasteiger partial charge on any atom is -0.448 e. The second-order valence-corrected chi connectivity index (χ2v) is 4.91. The highest BCUT2D eigenvalue weighted by Gasteiger charge is 2.09. The number of rotatable bonds is 10. The van der Waals surface area contributed by atoms with Crippen molar-refractivity contribution in [1.29, 1.82) is 0 Å². The van der Waals surface area contributed by atoms with Gasteiger partial charge in [-0.05, 0) is 31.2 Å². The van der Waals surface area contributed by atoms with Crippen LogP contribution in [0.25, 0.3) is 0 Å². The van der Waals surface area contributed by atoms with Crippen LogP contribution in [0.1, 0.15) is 37.7 Å². The molecular formula is C16H24N2O3. The predicted octanol–water partition coefficient (Wildman–Crippen LogP) is 2.69. The monoisotopic (exact) mass is 292 g/mol. The molecule has 0 bridgehead atoms. The highest BCUT2D eigenvalue weighted by atomic mass is 16.6. The van der Waals surface area contributed by atoms with E-state index in [9.17, 15) is 9.59 Å². The summed E-state index contributed by atoms with van der Waals surface area (Å²) >= 11 is 0. The number of hydrogen-bond donors (Lipinski definition) is 1. The van der Waals surface area contributed by atoms with Crippen molar-refractivity contribution in [1.82, 2.24) is 5.01 Å². The first-order chi connectivity index (χ1) is 10.2. The average molecular weight is 292 g/mol. The lowest BCUT2D eigenvalue weighted by atomic mass is 10.1. The highest BCUT2D eigenvalue weighted by Crippen LogP contribution is 2.03. The van der Waals surface area contributed by atoms with Crippen molar-refractivity contribution in [2.75, 3.05) is 13.2 Å². The van der Waals surface area contributed by atoms with Gasteiger partial charge >= 0.3 is 6.09 Å². The number of nitrogens with two attached hydrogens (primary N) is 1. The van der Waals surface area contributed by atoms with E-state index in [0.29, 0.717) is 19.6 Å². The maximum atomic E-state index is 11.6. The minimum absolute atomic E-state index is 0.368. The van der Waals surface area contributed by atoms with E-state index in [-0.39, 0.29) is 0 Å². The normalized spacial score (nSPS) is 10.1. The zero-order valence-corrected chi connectivity index (χ0v) is 12.4. The zero-order valence-electron chi connectivity index (χ0n) is 12.4. The van der Waals surface area contributed by atoms with Crippen molar-refractivity contribution in [2.45, 2.75) is 38.5 Å². The summed E-state index contributed by atoms with van der Waals surface area (Å²) in [5.41, 5.74) is 1.23. The Labute approximate surface area is 126 Å². The third-order valence-corrected chi connectivity index (χ3v) is 3.13. The van der Waals surface area contributed by atoms with Crippen LogP contribution in [0.5, 0.6) is 0 Å². The molecule has 0 aliphatic carbocycles. The number of hydrogen-bond acceptors (Lipinski definition) is 4. The molecule has 0 aliphatic heterocycles. The third-order valence-electron chi connectivity index (χ3n) is 3.13. The molecule has 5 heteroatoms. The van der Waals surface area contributed by atoms with Crippen LogP contribution in [0.2, 0.25) is 0 Å². The standard InChI is InChI=1S/C16H24N2O3/c17-18(12-6-1-2-7-13-19)16(20)21-14-8-11-15-9-4-3-5-10-15/h3-5,9-10,13H,1-2,6-8,11-12,14,17H2. The van der Waals surface area contributed by atoms with Crippen molar-refractivity contribution in [3.05, 3.63) is 35.9 Å². The van der Waals surface area contributed by atoms with Gasteiger partial charge in [-0.3, -0.25) is 0 Å². The Kier molecular flexibility index (Phi) is 8.88. The molecule has 0 saturated carbocycles. The molecule has 0 saturated heterocycles. The lowest BCUT2D eigenvalue weighted by molar-refractivity contribution is -0.107. The van der Waals surface area contributed by atoms with Gasteiger partial charge in [0, 0.05) is 13.0 Å². The lowest BCUT2D eigenvalue weighted by Gasteiger charge is -2.16. The van der Waals surface area contributed by atoms with Crippen molar-refractivity contribution >= 4 is 12.4 Å². The topological polar surface area (TPSA) is 72.6 Å². The molecule has 1 rings (SSSR count). The highest BCUT2D eigenvalue weighted by molar-refractivity contribution is 5.66. The molecule has 5 nitrogen and oxygen atoms in total. The molecule has 0 aliphatic rings. The third kappa shape index (κ3) is 8.09. The maximum absolute atomic E-state index is 11.6. The molecule has 0 radical (unpaired) electrons. The summed E-state index contributed by atoms with van der Waals surface area (Å²) in [6, 6.07) is 10.1. The number of amides is 1. The Balaban J connectivity index is 2.05. The first-order valence-electron chi connectivity index (χ1n) is 7.40. The molecule has 21 heavy (non-hydrogen) atoms. The SMILES string of the molecule is NN(CCCCCC=O)C(=O)OCCCc1ccccc1. The first kappa shape index (κ1) is 17.2. The van der Waals surface area contributed by atoms with Crippen LogP contribution in [0, 0.1) is 0 Å². The van der Waals surface area contributed by atoms with Gasteiger partial charge in [-0.15, -0.1) is 0 Å². The van der Waals surface area contributed by atoms with Gasteiger partial charge in [-0.2, -0.15) is 0 Å². The number of hydrazine groups is 1. The van der Waals surface area contributed by atoms with Crippen LogP contribution in [0.3, 0.4) is 0 Å². The van der Waals surface area contributed by atoms with E-state index >= 15 is 0 Å². The molecule has 116 valence electrons. The second-order valence-electron chi connectivity index (χ2n) is 4.91. The Bertz CT molecular complexity index is 409. The largest absolute Gasteiger partial charge is 0.448 e. The van der Waals surface area contributed by atoms with Gasteiger partial charge in [0.05, 0.1) is 6.61 Å². The van der Waals surface area contributed by atoms with Crippen LogP contribution in [0.4, 0.5) is 4.79 Å². The Morgan fingerprint density at radius 2 is 1.90 bits per heavy atom. The minimum atomic E-state index is -0.488. The van der Waals surface area contributed by atoms with Gasteiger partial charge in [-0.1, -0.05) is 36.8 Å². The number of nitrogens with zero attached hydrogens (tertiary/aromatic N) is 1. The summed E-state index contributed by atoms with van der Waals surface area (Å²) in [6.45, 7) is 0.822. The molecule has 0 heterocycles. The molecule has 0 atom stereocenters. The van der Waals surface area contributed by atoms with E-state index in [2.05, 4.69) is 12.1 Å².